The molecule has 0 aliphatic heterocycles. The summed E-state index contributed by atoms with van der Waals surface area (Å²) in [5.41, 5.74) is 0.704. The largest absolute Gasteiger partial charge is 0.461 e. The molecule has 90 valence electrons. The van der Waals surface area contributed by atoms with Gasteiger partial charge in [-0.25, -0.2) is 4.39 Å². The molecule has 3 nitrogen and oxygen atoms in total. The number of halogens is 1. The molecule has 0 atom stereocenters. The second-order valence-corrected chi connectivity index (χ2v) is 4.02. The van der Waals surface area contributed by atoms with Crippen LogP contribution in [0.25, 0.3) is 10.9 Å². The molecule has 0 aliphatic rings. The minimum atomic E-state index is -0.281. The van der Waals surface area contributed by atoms with E-state index in [0.717, 1.165) is 0 Å². The summed E-state index contributed by atoms with van der Waals surface area (Å²) in [6.07, 6.45) is 3.16. The lowest BCUT2D eigenvalue weighted by atomic mass is 10.2. The summed E-state index contributed by atoms with van der Waals surface area (Å²) >= 11 is 0. The number of fused-ring (bicyclic) bond motifs is 1. The number of ketones is 1. The average molecular weight is 243 g/mol. The first-order valence-electron chi connectivity index (χ1n) is 5.56. The number of carbonyl (C=O) groups is 1. The van der Waals surface area contributed by atoms with E-state index in [-0.39, 0.29) is 18.1 Å². The fourth-order valence-corrected chi connectivity index (χ4v) is 1.99. The predicted octanol–water partition coefficient (Wildman–Crippen LogP) is 3.26. The Kier molecular flexibility index (Phi) is 2.48. The maximum atomic E-state index is 13.5. The molecular formula is C14H10FNO2. The Morgan fingerprint density at radius 2 is 2.11 bits per heavy atom. The maximum absolute atomic E-state index is 13.5. The van der Waals surface area contributed by atoms with E-state index in [1.807, 2.05) is 0 Å². The van der Waals surface area contributed by atoms with Crippen LogP contribution >= 0.6 is 0 Å². The molecule has 0 N–H and O–H groups in total. The molecule has 18 heavy (non-hydrogen) atoms. The van der Waals surface area contributed by atoms with Crippen molar-refractivity contribution in [1.82, 2.24) is 4.57 Å². The summed E-state index contributed by atoms with van der Waals surface area (Å²) in [6.45, 7) is 0.139. The van der Waals surface area contributed by atoms with Gasteiger partial charge in [0, 0.05) is 11.6 Å². The van der Waals surface area contributed by atoms with Gasteiger partial charge in [-0.05, 0) is 30.3 Å². The Hall–Kier alpha value is -2.36. The van der Waals surface area contributed by atoms with E-state index in [1.54, 1.807) is 41.1 Å². The minimum absolute atomic E-state index is 0.137. The van der Waals surface area contributed by atoms with Gasteiger partial charge in [0.1, 0.15) is 5.82 Å². The van der Waals surface area contributed by atoms with E-state index >= 15 is 0 Å². The molecule has 1 aromatic carbocycles. The van der Waals surface area contributed by atoms with Gasteiger partial charge < -0.3 is 8.98 Å². The Labute approximate surface area is 102 Å². The van der Waals surface area contributed by atoms with E-state index < -0.39 is 0 Å². The number of rotatable bonds is 3. The van der Waals surface area contributed by atoms with E-state index in [9.17, 15) is 9.18 Å². The first-order valence-corrected chi connectivity index (χ1v) is 5.56. The summed E-state index contributed by atoms with van der Waals surface area (Å²) in [4.78, 5) is 11.9. The Morgan fingerprint density at radius 1 is 1.22 bits per heavy atom. The highest BCUT2D eigenvalue weighted by atomic mass is 19.1. The van der Waals surface area contributed by atoms with Crippen molar-refractivity contribution < 1.29 is 13.6 Å². The van der Waals surface area contributed by atoms with Gasteiger partial charge in [-0.15, -0.1) is 0 Å². The quantitative estimate of drug-likeness (QED) is 0.662. The van der Waals surface area contributed by atoms with Crippen LogP contribution in [-0.2, 0) is 6.54 Å². The molecule has 0 fully saturated rings. The van der Waals surface area contributed by atoms with Gasteiger partial charge in [0.05, 0.1) is 18.3 Å². The number of benzene rings is 1. The summed E-state index contributed by atoms with van der Waals surface area (Å²) in [5, 5.41) is 0.518. The first kappa shape index (κ1) is 10.8. The number of hydrogen-bond donors (Lipinski definition) is 0. The van der Waals surface area contributed by atoms with E-state index in [0.29, 0.717) is 16.7 Å². The van der Waals surface area contributed by atoms with Crippen LogP contribution in [0.2, 0.25) is 0 Å². The standard InChI is InChI=1S/C14H10FNO2/c15-11-3-1-4-12-10(11)6-7-16(12)9-13(17)14-5-2-8-18-14/h1-8H,9H2. The molecule has 4 heteroatoms. The van der Waals surface area contributed by atoms with Crippen molar-refractivity contribution in [1.29, 1.82) is 0 Å². The summed E-state index contributed by atoms with van der Waals surface area (Å²) in [5.74, 6) is -0.105. The molecule has 0 aliphatic carbocycles. The molecule has 0 amide bonds. The predicted molar refractivity (Wildman–Crippen MR) is 64.9 cm³/mol. The first-order chi connectivity index (χ1) is 8.75. The highest BCUT2D eigenvalue weighted by molar-refractivity contribution is 5.94. The second-order valence-electron chi connectivity index (χ2n) is 4.02. The van der Waals surface area contributed by atoms with E-state index in [1.165, 1.54) is 12.3 Å². The zero-order valence-corrected chi connectivity index (χ0v) is 9.47. The molecule has 3 aromatic rings. The van der Waals surface area contributed by atoms with E-state index in [2.05, 4.69) is 0 Å². The van der Waals surface area contributed by atoms with Crippen molar-refractivity contribution in [3.05, 3.63) is 60.4 Å². The maximum Gasteiger partial charge on any atom is 0.217 e. The van der Waals surface area contributed by atoms with Crippen molar-refractivity contribution in [3.63, 3.8) is 0 Å². The molecule has 2 heterocycles. The highest BCUT2D eigenvalue weighted by Gasteiger charge is 2.12. The van der Waals surface area contributed by atoms with Crippen LogP contribution in [0.5, 0.6) is 0 Å². The normalized spacial score (nSPS) is 10.9. The number of Topliss-reactive ketones (excluding diaryl/α,β-unsaturated/α-hetero) is 1. The lowest BCUT2D eigenvalue weighted by Crippen LogP contribution is -2.08. The molecule has 0 radical (unpaired) electrons. The fraction of sp³-hybridized carbons (Fsp3) is 0.0714. The molecule has 0 bridgehead atoms. The van der Waals surface area contributed by atoms with Crippen LogP contribution < -0.4 is 0 Å². The third-order valence-electron chi connectivity index (χ3n) is 2.87. The van der Waals surface area contributed by atoms with Crippen molar-refractivity contribution in [2.45, 2.75) is 6.54 Å². The zero-order valence-electron chi connectivity index (χ0n) is 9.47. The Bertz CT molecular complexity index is 698. The van der Waals surface area contributed by atoms with Gasteiger partial charge in [-0.1, -0.05) is 6.07 Å². The summed E-state index contributed by atoms with van der Waals surface area (Å²) in [6, 6.07) is 9.77. The average Bonchev–Trinajstić information content (AvgIpc) is 2.99. The molecule has 0 spiro atoms. The number of carbonyl (C=O) groups excluding carboxylic acids is 1. The van der Waals surface area contributed by atoms with Gasteiger partial charge >= 0.3 is 0 Å². The fourth-order valence-electron chi connectivity index (χ4n) is 1.99. The van der Waals surface area contributed by atoms with Crippen LogP contribution in [-0.4, -0.2) is 10.4 Å². The topological polar surface area (TPSA) is 35.1 Å². The Morgan fingerprint density at radius 3 is 2.89 bits per heavy atom. The van der Waals surface area contributed by atoms with Crippen LogP contribution in [0.1, 0.15) is 10.6 Å². The molecule has 0 saturated carbocycles. The number of hydrogen-bond acceptors (Lipinski definition) is 2. The second kappa shape index (κ2) is 4.14. The van der Waals surface area contributed by atoms with Crippen molar-refractivity contribution in [2.24, 2.45) is 0 Å². The zero-order chi connectivity index (χ0) is 12.5. The smallest absolute Gasteiger partial charge is 0.217 e. The summed E-state index contributed by atoms with van der Waals surface area (Å²) < 4.78 is 20.2. The molecule has 0 saturated heterocycles. The van der Waals surface area contributed by atoms with Gasteiger partial charge in [0.25, 0.3) is 0 Å². The van der Waals surface area contributed by atoms with Crippen LogP contribution in [0.15, 0.2) is 53.3 Å². The third-order valence-corrected chi connectivity index (χ3v) is 2.87. The number of nitrogens with zero attached hydrogens (tertiary/aromatic N) is 1. The number of furan rings is 1. The van der Waals surface area contributed by atoms with Gasteiger partial charge in [0.15, 0.2) is 5.76 Å². The molecule has 0 unspecified atom stereocenters. The third kappa shape index (κ3) is 1.72. The lowest BCUT2D eigenvalue weighted by Gasteiger charge is -2.03. The van der Waals surface area contributed by atoms with Crippen LogP contribution in [0, 0.1) is 5.82 Å². The number of aromatic nitrogens is 1. The van der Waals surface area contributed by atoms with Crippen LogP contribution in [0.4, 0.5) is 4.39 Å². The van der Waals surface area contributed by atoms with Gasteiger partial charge in [-0.2, -0.15) is 0 Å². The molecular weight excluding hydrogens is 233 g/mol. The molecule has 2 aromatic heterocycles. The van der Waals surface area contributed by atoms with Gasteiger partial charge in [0.2, 0.25) is 5.78 Å². The van der Waals surface area contributed by atoms with E-state index in [4.69, 9.17) is 4.42 Å². The van der Waals surface area contributed by atoms with Crippen molar-refractivity contribution in [3.8, 4) is 0 Å². The minimum Gasteiger partial charge on any atom is -0.461 e. The monoisotopic (exact) mass is 243 g/mol. The Balaban J connectivity index is 1.96. The SMILES string of the molecule is O=C(Cn1ccc2c(F)cccc21)c1ccco1. The lowest BCUT2D eigenvalue weighted by molar-refractivity contribution is 0.0946. The van der Waals surface area contributed by atoms with Crippen molar-refractivity contribution >= 4 is 16.7 Å². The van der Waals surface area contributed by atoms with Crippen LogP contribution in [0.3, 0.4) is 0 Å². The van der Waals surface area contributed by atoms with Crippen molar-refractivity contribution in [2.75, 3.05) is 0 Å². The van der Waals surface area contributed by atoms with Gasteiger partial charge in [-0.3, -0.25) is 4.79 Å². The highest BCUT2D eigenvalue weighted by Crippen LogP contribution is 2.19. The molecule has 3 rings (SSSR count). The summed E-state index contributed by atoms with van der Waals surface area (Å²) in [7, 11) is 0.